The lowest BCUT2D eigenvalue weighted by molar-refractivity contribution is -0.0411. The Balaban J connectivity index is 2.47. The topological polar surface area (TPSA) is 134 Å². The third-order valence-electron chi connectivity index (χ3n) is 2.90. The van der Waals surface area contributed by atoms with Gasteiger partial charge in [0.25, 0.3) is 0 Å². The lowest BCUT2D eigenvalue weighted by Crippen LogP contribution is -2.53. The second-order valence-electron chi connectivity index (χ2n) is 4.32. The summed E-state index contributed by atoms with van der Waals surface area (Å²) in [6, 6.07) is 0. The van der Waals surface area contributed by atoms with E-state index in [2.05, 4.69) is 8.37 Å². The molecule has 0 saturated carbocycles. The van der Waals surface area contributed by atoms with Gasteiger partial charge in [-0.2, -0.15) is 16.8 Å². The molecule has 1 rings (SSSR count). The van der Waals surface area contributed by atoms with Gasteiger partial charge in [-0.1, -0.05) is 0 Å². The average molecular weight is 334 g/mol. The highest BCUT2D eigenvalue weighted by Gasteiger charge is 2.28. The highest BCUT2D eigenvalue weighted by Crippen LogP contribution is 2.12. The molecule has 1 fully saturated rings. The van der Waals surface area contributed by atoms with Gasteiger partial charge in [0.05, 0.1) is 0 Å². The van der Waals surface area contributed by atoms with Crippen LogP contribution in [-0.2, 0) is 29.2 Å². The van der Waals surface area contributed by atoms with Gasteiger partial charge in [-0.3, -0.25) is 18.9 Å². The number of piperazine rings is 1. The summed E-state index contributed by atoms with van der Waals surface area (Å²) in [5.74, 6) is 0. The number of hydrogen-bond donors (Lipinski definition) is 2. The minimum atomic E-state index is -4.52. The monoisotopic (exact) mass is 334 g/mol. The molecule has 20 heavy (non-hydrogen) atoms. The van der Waals surface area contributed by atoms with Crippen molar-refractivity contribution in [3.63, 3.8) is 0 Å². The van der Waals surface area contributed by atoms with Gasteiger partial charge < -0.3 is 0 Å². The van der Waals surface area contributed by atoms with E-state index >= 15 is 0 Å². The van der Waals surface area contributed by atoms with Crippen molar-refractivity contribution < 1.29 is 34.3 Å². The Morgan fingerprint density at radius 3 is 1.25 bits per heavy atom. The van der Waals surface area contributed by atoms with Gasteiger partial charge in [0.2, 0.25) is 0 Å². The van der Waals surface area contributed by atoms with E-state index in [4.69, 9.17) is 9.11 Å². The first-order chi connectivity index (χ1) is 8.98. The van der Waals surface area contributed by atoms with Crippen LogP contribution in [0.4, 0.5) is 0 Å². The Hall–Kier alpha value is -0.340. The number of hydrogen-bond acceptors (Lipinski definition) is 8. The van der Waals surface area contributed by atoms with Crippen LogP contribution in [0.15, 0.2) is 0 Å². The van der Waals surface area contributed by atoms with E-state index in [9.17, 15) is 16.8 Å². The van der Waals surface area contributed by atoms with E-state index in [1.165, 1.54) is 13.8 Å². The molecule has 0 radical (unpaired) electrons. The summed E-state index contributed by atoms with van der Waals surface area (Å²) in [6.07, 6.45) is -1.66. The van der Waals surface area contributed by atoms with Crippen LogP contribution in [0.3, 0.4) is 0 Å². The van der Waals surface area contributed by atoms with Crippen LogP contribution in [0.2, 0.25) is 0 Å². The maximum atomic E-state index is 10.6. The number of nitrogens with zero attached hydrogens (tertiary/aromatic N) is 2. The van der Waals surface area contributed by atoms with Crippen molar-refractivity contribution in [2.45, 2.75) is 26.3 Å². The van der Waals surface area contributed by atoms with Crippen LogP contribution in [0.25, 0.3) is 0 Å². The SMILES string of the molecule is CC(OS(=O)(=O)O)N1CCN(C(C)OS(=O)(=O)O)CC1. The van der Waals surface area contributed by atoms with Gasteiger partial charge in [-0.05, 0) is 13.8 Å². The van der Waals surface area contributed by atoms with Crippen LogP contribution < -0.4 is 0 Å². The molecule has 1 aliphatic heterocycles. The first-order valence-electron chi connectivity index (χ1n) is 5.77. The molecule has 120 valence electrons. The first kappa shape index (κ1) is 17.7. The maximum Gasteiger partial charge on any atom is 0.398 e. The van der Waals surface area contributed by atoms with Gasteiger partial charge in [0, 0.05) is 26.2 Å². The minimum Gasteiger partial charge on any atom is -0.275 e. The molecule has 1 saturated heterocycles. The van der Waals surface area contributed by atoms with Gasteiger partial charge in [-0.15, -0.1) is 0 Å². The van der Waals surface area contributed by atoms with Crippen molar-refractivity contribution >= 4 is 20.8 Å². The average Bonchev–Trinajstić information content (AvgIpc) is 2.24. The van der Waals surface area contributed by atoms with Crippen molar-refractivity contribution in [3.8, 4) is 0 Å². The Bertz CT molecular complexity index is 463. The van der Waals surface area contributed by atoms with Crippen molar-refractivity contribution in [2.24, 2.45) is 0 Å². The predicted molar refractivity (Wildman–Crippen MR) is 67.3 cm³/mol. The second kappa shape index (κ2) is 6.62. The molecule has 0 aliphatic carbocycles. The van der Waals surface area contributed by atoms with Crippen molar-refractivity contribution in [1.29, 1.82) is 0 Å². The van der Waals surface area contributed by atoms with E-state index in [0.717, 1.165) is 0 Å². The zero-order valence-corrected chi connectivity index (χ0v) is 12.7. The Labute approximate surface area is 118 Å². The van der Waals surface area contributed by atoms with Gasteiger partial charge in [-0.25, -0.2) is 8.37 Å². The second-order valence-corrected chi connectivity index (χ2v) is 6.41. The minimum absolute atomic E-state index is 0.385. The summed E-state index contributed by atoms with van der Waals surface area (Å²) in [6.45, 7) is 4.49. The summed E-state index contributed by atoms with van der Waals surface area (Å²) in [5, 5.41) is 0. The summed E-state index contributed by atoms with van der Waals surface area (Å²) < 4.78 is 68.4. The Kier molecular flexibility index (Phi) is 5.86. The lowest BCUT2D eigenvalue weighted by Gasteiger charge is -2.38. The molecular formula is C8H18N2O8S2. The van der Waals surface area contributed by atoms with Crippen LogP contribution in [0.5, 0.6) is 0 Å². The molecule has 10 nitrogen and oxygen atoms in total. The molecule has 0 spiro atoms. The highest BCUT2D eigenvalue weighted by molar-refractivity contribution is 7.81. The largest absolute Gasteiger partial charge is 0.398 e. The maximum absolute atomic E-state index is 10.6. The van der Waals surface area contributed by atoms with Crippen LogP contribution in [-0.4, -0.2) is 74.4 Å². The molecule has 2 atom stereocenters. The molecule has 0 amide bonds. The quantitative estimate of drug-likeness (QED) is 0.578. The van der Waals surface area contributed by atoms with Crippen LogP contribution >= 0.6 is 0 Å². The van der Waals surface area contributed by atoms with Crippen LogP contribution in [0.1, 0.15) is 13.8 Å². The molecule has 0 aromatic heterocycles. The van der Waals surface area contributed by atoms with E-state index in [0.29, 0.717) is 26.2 Å². The van der Waals surface area contributed by atoms with Crippen molar-refractivity contribution in [1.82, 2.24) is 9.80 Å². The molecule has 0 aromatic rings. The van der Waals surface area contributed by atoms with Crippen molar-refractivity contribution in [3.05, 3.63) is 0 Å². The Morgan fingerprint density at radius 2 is 1.05 bits per heavy atom. The number of rotatable bonds is 6. The zero-order valence-electron chi connectivity index (χ0n) is 11.0. The summed E-state index contributed by atoms with van der Waals surface area (Å²) in [7, 11) is -9.04. The lowest BCUT2D eigenvalue weighted by atomic mass is 10.3. The fourth-order valence-corrected chi connectivity index (χ4v) is 2.89. The van der Waals surface area contributed by atoms with E-state index in [-0.39, 0.29) is 0 Å². The summed E-state index contributed by atoms with van der Waals surface area (Å²) in [4.78, 5) is 3.31. The van der Waals surface area contributed by atoms with Crippen LogP contribution in [0, 0.1) is 0 Å². The summed E-state index contributed by atoms with van der Waals surface area (Å²) >= 11 is 0. The highest BCUT2D eigenvalue weighted by atomic mass is 32.3. The molecule has 0 bridgehead atoms. The molecule has 12 heteroatoms. The van der Waals surface area contributed by atoms with Gasteiger partial charge in [0.1, 0.15) is 12.5 Å². The predicted octanol–water partition coefficient (Wildman–Crippen LogP) is -1.07. The van der Waals surface area contributed by atoms with E-state index < -0.39 is 33.3 Å². The molecule has 2 N–H and O–H groups in total. The Morgan fingerprint density at radius 1 is 0.800 bits per heavy atom. The standard InChI is InChI=1S/C8H18N2O8S2/c1-7(17-19(11,12)13)9-3-5-10(6-4-9)8(2)18-20(14,15)16/h7-8H,3-6H2,1-2H3,(H,11,12,13)(H,14,15,16). The van der Waals surface area contributed by atoms with E-state index in [1.807, 2.05) is 0 Å². The van der Waals surface area contributed by atoms with Gasteiger partial charge in [0.15, 0.2) is 0 Å². The van der Waals surface area contributed by atoms with E-state index in [1.54, 1.807) is 9.80 Å². The fourth-order valence-electron chi connectivity index (χ4n) is 1.94. The molecule has 2 unspecified atom stereocenters. The smallest absolute Gasteiger partial charge is 0.275 e. The molecule has 1 aliphatic rings. The zero-order chi connectivity index (χ0) is 15.6. The molecule has 1 heterocycles. The normalized spacial score (nSPS) is 22.6. The first-order valence-corrected chi connectivity index (χ1v) is 8.50. The van der Waals surface area contributed by atoms with Crippen molar-refractivity contribution in [2.75, 3.05) is 26.2 Å². The molecule has 0 aromatic carbocycles. The molecular weight excluding hydrogens is 316 g/mol. The third-order valence-corrected chi connectivity index (χ3v) is 3.94. The fraction of sp³-hybridized carbons (Fsp3) is 1.00. The summed E-state index contributed by atoms with van der Waals surface area (Å²) in [5.41, 5.74) is 0. The third kappa shape index (κ3) is 6.41. The van der Waals surface area contributed by atoms with Gasteiger partial charge >= 0.3 is 20.8 Å².